The minimum atomic E-state index is -5.79. The summed E-state index contributed by atoms with van der Waals surface area (Å²) in [7, 11) is 0. The van der Waals surface area contributed by atoms with Gasteiger partial charge in [0.1, 0.15) is 12.2 Å². The molecule has 0 N–H and O–H groups in total. The molecular weight excluding hydrogens is 374 g/mol. The van der Waals surface area contributed by atoms with Crippen molar-refractivity contribution in [1.82, 2.24) is 4.90 Å². The van der Waals surface area contributed by atoms with Gasteiger partial charge in [0.05, 0.1) is 6.04 Å². The highest BCUT2D eigenvalue weighted by Crippen LogP contribution is 2.44. The average Bonchev–Trinajstić information content (AvgIpc) is 2.60. The maximum absolute atomic E-state index is 14.8. The van der Waals surface area contributed by atoms with Gasteiger partial charge in [-0.15, -0.1) is 0 Å². The Morgan fingerprint density at radius 1 is 0.808 bits per heavy atom. The fourth-order valence-corrected chi connectivity index (χ4v) is 3.59. The van der Waals surface area contributed by atoms with Crippen LogP contribution in [0.3, 0.4) is 0 Å². The maximum atomic E-state index is 14.8. The number of rotatable bonds is 5. The van der Waals surface area contributed by atoms with Gasteiger partial charge in [0.15, 0.2) is 0 Å². The molecule has 0 bridgehead atoms. The van der Waals surface area contributed by atoms with E-state index in [0.717, 1.165) is 19.3 Å². The van der Waals surface area contributed by atoms with Crippen LogP contribution < -0.4 is 0 Å². The zero-order chi connectivity index (χ0) is 19.8. The van der Waals surface area contributed by atoms with E-state index in [0.29, 0.717) is 13.1 Å². The smallest absolute Gasteiger partial charge is 0.362 e. The number of hydrogen-bond acceptors (Lipinski definition) is 2. The first-order valence-electron chi connectivity index (χ1n) is 8.74. The standard InChI is InChI=1S/C16H23F8NO/c1-10(25-8-3-2-4-9-25)14(18,19)11-6-5-7-12(26-11)15(20,21)13(17)16(22,23)24/h10-13H,2-9H2,1H3. The lowest BCUT2D eigenvalue weighted by Crippen LogP contribution is -2.59. The second-order valence-electron chi connectivity index (χ2n) is 7.07. The van der Waals surface area contributed by atoms with Crippen LogP contribution in [-0.4, -0.2) is 60.4 Å². The Bertz CT molecular complexity index is 464. The highest BCUT2D eigenvalue weighted by atomic mass is 19.4. The van der Waals surface area contributed by atoms with Crippen LogP contribution in [-0.2, 0) is 4.74 Å². The molecule has 0 aliphatic carbocycles. The number of hydrogen-bond donors (Lipinski definition) is 0. The topological polar surface area (TPSA) is 12.5 Å². The van der Waals surface area contributed by atoms with Crippen molar-refractivity contribution in [2.75, 3.05) is 13.1 Å². The quantitative estimate of drug-likeness (QED) is 0.608. The van der Waals surface area contributed by atoms with Gasteiger partial charge in [0.25, 0.3) is 12.1 Å². The molecule has 2 fully saturated rings. The van der Waals surface area contributed by atoms with E-state index in [9.17, 15) is 35.1 Å². The monoisotopic (exact) mass is 397 g/mol. The summed E-state index contributed by atoms with van der Waals surface area (Å²) >= 11 is 0. The van der Waals surface area contributed by atoms with Gasteiger partial charge in [-0.3, -0.25) is 4.90 Å². The zero-order valence-corrected chi connectivity index (χ0v) is 14.3. The molecule has 2 saturated heterocycles. The Kier molecular flexibility index (Phi) is 6.47. The van der Waals surface area contributed by atoms with Crippen molar-refractivity contribution in [1.29, 1.82) is 0 Å². The van der Waals surface area contributed by atoms with Crippen LogP contribution in [0, 0.1) is 0 Å². The summed E-state index contributed by atoms with van der Waals surface area (Å²) in [5.74, 6) is -8.45. The second-order valence-corrected chi connectivity index (χ2v) is 7.07. The van der Waals surface area contributed by atoms with E-state index in [1.54, 1.807) is 0 Å². The molecule has 2 rings (SSSR count). The molecule has 4 unspecified atom stereocenters. The Morgan fingerprint density at radius 2 is 1.31 bits per heavy atom. The highest BCUT2D eigenvalue weighted by Gasteiger charge is 2.63. The Labute approximate surface area is 146 Å². The van der Waals surface area contributed by atoms with Crippen molar-refractivity contribution >= 4 is 0 Å². The summed E-state index contributed by atoms with van der Waals surface area (Å²) in [6, 6.07) is -1.30. The van der Waals surface area contributed by atoms with Crippen molar-refractivity contribution < 1.29 is 39.9 Å². The first kappa shape index (κ1) is 21.7. The van der Waals surface area contributed by atoms with Crippen LogP contribution in [0.4, 0.5) is 35.1 Å². The fraction of sp³-hybridized carbons (Fsp3) is 1.00. The van der Waals surface area contributed by atoms with Crippen LogP contribution in [0.2, 0.25) is 0 Å². The van der Waals surface area contributed by atoms with E-state index in [4.69, 9.17) is 0 Å². The predicted molar refractivity (Wildman–Crippen MR) is 78.2 cm³/mol. The molecule has 2 aliphatic heterocycles. The molecule has 10 heteroatoms. The number of nitrogens with zero attached hydrogens (tertiary/aromatic N) is 1. The number of alkyl halides is 8. The number of halogens is 8. The largest absolute Gasteiger partial charge is 0.425 e. The van der Waals surface area contributed by atoms with Crippen LogP contribution in [0.15, 0.2) is 0 Å². The summed E-state index contributed by atoms with van der Waals surface area (Å²) < 4.78 is 112. The third-order valence-corrected chi connectivity index (χ3v) is 5.24. The molecular formula is C16H23F8NO. The van der Waals surface area contributed by atoms with Crippen molar-refractivity contribution in [2.24, 2.45) is 0 Å². The van der Waals surface area contributed by atoms with Crippen molar-refractivity contribution in [3.05, 3.63) is 0 Å². The number of likely N-dealkylation sites (tertiary alicyclic amines) is 1. The summed E-state index contributed by atoms with van der Waals surface area (Å²) in [5, 5.41) is 0. The molecule has 4 atom stereocenters. The molecule has 0 aromatic rings. The highest BCUT2D eigenvalue weighted by molar-refractivity contribution is 4.97. The van der Waals surface area contributed by atoms with Gasteiger partial charge < -0.3 is 4.74 Å². The Balaban J connectivity index is 2.10. The van der Waals surface area contributed by atoms with E-state index in [1.807, 2.05) is 0 Å². The van der Waals surface area contributed by atoms with E-state index in [-0.39, 0.29) is 12.8 Å². The lowest BCUT2D eigenvalue weighted by molar-refractivity contribution is -0.299. The molecule has 2 aliphatic rings. The van der Waals surface area contributed by atoms with E-state index in [1.165, 1.54) is 11.8 Å². The molecule has 2 nitrogen and oxygen atoms in total. The Morgan fingerprint density at radius 3 is 1.81 bits per heavy atom. The minimum absolute atomic E-state index is 0.183. The predicted octanol–water partition coefficient (Wildman–Crippen LogP) is 4.97. The molecule has 154 valence electrons. The molecule has 2 heterocycles. The van der Waals surface area contributed by atoms with E-state index < -0.39 is 48.9 Å². The van der Waals surface area contributed by atoms with Crippen molar-refractivity contribution in [3.63, 3.8) is 0 Å². The van der Waals surface area contributed by atoms with Crippen molar-refractivity contribution in [2.45, 2.75) is 87.9 Å². The summed E-state index contributed by atoms with van der Waals surface area (Å²) in [6.45, 7) is 2.12. The van der Waals surface area contributed by atoms with Crippen LogP contribution in [0.5, 0.6) is 0 Å². The van der Waals surface area contributed by atoms with Crippen LogP contribution in [0.1, 0.15) is 45.4 Å². The maximum Gasteiger partial charge on any atom is 0.425 e. The summed E-state index contributed by atoms with van der Waals surface area (Å²) in [6.07, 6.45) is -13.4. The SMILES string of the molecule is CC(N1CCCCC1)C(F)(F)C1CCCC(C(F)(F)C(F)C(F)(F)F)O1. The molecule has 0 spiro atoms. The lowest BCUT2D eigenvalue weighted by Gasteiger charge is -2.43. The zero-order valence-electron chi connectivity index (χ0n) is 14.3. The molecule has 0 aromatic carbocycles. The summed E-state index contributed by atoms with van der Waals surface area (Å²) in [4.78, 5) is 1.53. The Hall–Kier alpha value is -0.640. The number of ether oxygens (including phenoxy) is 1. The molecule has 0 aromatic heterocycles. The van der Waals surface area contributed by atoms with Gasteiger partial charge in [-0.1, -0.05) is 6.42 Å². The van der Waals surface area contributed by atoms with Crippen LogP contribution in [0.25, 0.3) is 0 Å². The van der Waals surface area contributed by atoms with E-state index >= 15 is 0 Å². The van der Waals surface area contributed by atoms with Gasteiger partial charge in [0, 0.05) is 0 Å². The normalized spacial score (nSPS) is 29.4. The van der Waals surface area contributed by atoms with Crippen LogP contribution >= 0.6 is 0 Å². The van der Waals surface area contributed by atoms with Gasteiger partial charge in [-0.05, 0) is 52.1 Å². The lowest BCUT2D eigenvalue weighted by atomic mass is 9.91. The third kappa shape index (κ3) is 4.43. The van der Waals surface area contributed by atoms with Gasteiger partial charge in [-0.2, -0.15) is 13.2 Å². The molecule has 26 heavy (non-hydrogen) atoms. The second kappa shape index (κ2) is 7.77. The first-order chi connectivity index (χ1) is 11.9. The molecule has 0 amide bonds. The first-order valence-corrected chi connectivity index (χ1v) is 8.74. The summed E-state index contributed by atoms with van der Waals surface area (Å²) in [5.41, 5.74) is 0. The molecule has 0 saturated carbocycles. The number of piperidine rings is 1. The molecule has 0 radical (unpaired) electrons. The average molecular weight is 397 g/mol. The van der Waals surface area contributed by atoms with Crippen molar-refractivity contribution in [3.8, 4) is 0 Å². The van der Waals surface area contributed by atoms with Gasteiger partial charge in [-0.25, -0.2) is 22.0 Å². The van der Waals surface area contributed by atoms with E-state index in [2.05, 4.69) is 4.74 Å². The van der Waals surface area contributed by atoms with Gasteiger partial charge >= 0.3 is 12.1 Å². The van der Waals surface area contributed by atoms with Gasteiger partial charge in [0.2, 0.25) is 0 Å². The fourth-order valence-electron chi connectivity index (χ4n) is 3.59. The minimum Gasteiger partial charge on any atom is -0.362 e. The third-order valence-electron chi connectivity index (χ3n) is 5.24.